The molecule has 0 saturated carbocycles. The summed E-state index contributed by atoms with van der Waals surface area (Å²) in [5, 5.41) is 11.9. The Morgan fingerprint density at radius 2 is 1.85 bits per heavy atom. The standard InChI is InChI=1S/C36H25F3N4O4S/c37-27-14-21(5-9-35-40-11-13-48-35)4-6-23(27)20-47-34-3-1-2-30(42-34)26-18-28(38)24(15-29(26)39)17-33-41-31-8-7-22(36(44)45)16-32(31)43(33)19-25-10-12-46-25/h1-4,6-8,11,13-16,18,25H,10,12,17,19-20H2,(H,44,45). The monoisotopic (exact) mass is 666 g/mol. The van der Waals surface area contributed by atoms with E-state index in [9.17, 15) is 14.3 Å². The van der Waals surface area contributed by atoms with E-state index in [1.165, 1.54) is 35.6 Å². The second-order valence-corrected chi connectivity index (χ2v) is 12.0. The Bertz CT molecular complexity index is 2220. The van der Waals surface area contributed by atoms with Crippen molar-refractivity contribution in [2.24, 2.45) is 0 Å². The SMILES string of the molecule is O=C(O)c1ccc2nc(Cc3cc(F)c(-c4cccc(OCc5ccc(C#Cc6nccs6)cc5F)n4)cc3F)n(CC3CCO3)c2c1. The number of halogens is 3. The highest BCUT2D eigenvalue weighted by molar-refractivity contribution is 7.10. The van der Waals surface area contributed by atoms with Crippen molar-refractivity contribution in [2.45, 2.75) is 32.1 Å². The summed E-state index contributed by atoms with van der Waals surface area (Å²) in [7, 11) is 0. The van der Waals surface area contributed by atoms with Crippen molar-refractivity contribution in [1.29, 1.82) is 0 Å². The number of carboxylic acids is 1. The van der Waals surface area contributed by atoms with Crippen LogP contribution in [0.1, 0.15) is 44.3 Å². The molecule has 8 nitrogen and oxygen atoms in total. The lowest BCUT2D eigenvalue weighted by atomic mass is 10.0. The van der Waals surface area contributed by atoms with Gasteiger partial charge in [0.15, 0.2) is 5.01 Å². The predicted molar refractivity (Wildman–Crippen MR) is 172 cm³/mol. The van der Waals surface area contributed by atoms with E-state index >= 15 is 8.78 Å². The number of carbonyl (C=O) groups is 1. The molecule has 1 atom stereocenters. The van der Waals surface area contributed by atoms with Gasteiger partial charge in [-0.2, -0.15) is 0 Å². The Morgan fingerprint density at radius 1 is 1.00 bits per heavy atom. The first-order valence-electron chi connectivity index (χ1n) is 14.9. The second kappa shape index (κ2) is 13.3. The minimum atomic E-state index is -1.08. The summed E-state index contributed by atoms with van der Waals surface area (Å²) in [6.45, 7) is 0.894. The van der Waals surface area contributed by atoms with Crippen LogP contribution in [0, 0.1) is 29.3 Å². The summed E-state index contributed by atoms with van der Waals surface area (Å²) in [5.74, 6) is 3.38. The van der Waals surface area contributed by atoms with Gasteiger partial charge in [-0.05, 0) is 66.4 Å². The van der Waals surface area contributed by atoms with Gasteiger partial charge in [-0.1, -0.05) is 18.1 Å². The summed E-state index contributed by atoms with van der Waals surface area (Å²) in [4.78, 5) is 24.6. The number of hydrogen-bond donors (Lipinski definition) is 1. The summed E-state index contributed by atoms with van der Waals surface area (Å²) in [6, 6.07) is 16.0. The number of thiazole rings is 1. The number of aromatic carboxylic acids is 1. The zero-order chi connectivity index (χ0) is 33.2. The largest absolute Gasteiger partial charge is 0.478 e. The van der Waals surface area contributed by atoms with E-state index in [4.69, 9.17) is 9.47 Å². The van der Waals surface area contributed by atoms with Crippen molar-refractivity contribution in [1.82, 2.24) is 19.5 Å². The quantitative estimate of drug-likeness (QED) is 0.166. The lowest BCUT2D eigenvalue weighted by Gasteiger charge is -2.27. The Morgan fingerprint density at radius 3 is 2.60 bits per heavy atom. The van der Waals surface area contributed by atoms with Crippen LogP contribution in [0.5, 0.6) is 5.88 Å². The molecule has 48 heavy (non-hydrogen) atoms. The number of ether oxygens (including phenoxy) is 2. The van der Waals surface area contributed by atoms with Gasteiger partial charge in [0, 0.05) is 47.4 Å². The van der Waals surface area contributed by atoms with Crippen molar-refractivity contribution in [2.75, 3.05) is 6.61 Å². The van der Waals surface area contributed by atoms with Crippen LogP contribution in [0.4, 0.5) is 13.2 Å². The van der Waals surface area contributed by atoms with Gasteiger partial charge in [0.1, 0.15) is 29.9 Å². The van der Waals surface area contributed by atoms with Crippen molar-refractivity contribution >= 4 is 28.3 Å². The van der Waals surface area contributed by atoms with Crippen molar-refractivity contribution < 1.29 is 32.5 Å². The molecule has 7 rings (SSSR count). The number of nitrogens with zero attached hydrogens (tertiary/aromatic N) is 4. The lowest BCUT2D eigenvalue weighted by molar-refractivity contribution is -0.0589. The van der Waals surface area contributed by atoms with Gasteiger partial charge in [-0.3, -0.25) is 0 Å². The molecule has 1 aliphatic rings. The summed E-state index contributed by atoms with van der Waals surface area (Å²) in [5.41, 5.74) is 2.13. The zero-order valence-corrected chi connectivity index (χ0v) is 25.9. The van der Waals surface area contributed by atoms with E-state index in [0.717, 1.165) is 18.6 Å². The van der Waals surface area contributed by atoms with Crippen molar-refractivity contribution in [3.05, 3.63) is 129 Å². The van der Waals surface area contributed by atoms with E-state index in [0.29, 0.717) is 40.6 Å². The average Bonchev–Trinajstić information content (AvgIpc) is 3.70. The Balaban J connectivity index is 1.09. The third kappa shape index (κ3) is 6.64. The van der Waals surface area contributed by atoms with Crippen molar-refractivity contribution in [3.63, 3.8) is 0 Å². The molecule has 0 amide bonds. The molecule has 3 aromatic carbocycles. The molecule has 0 aliphatic carbocycles. The third-order valence-corrected chi connectivity index (χ3v) is 8.60. The molecule has 1 fully saturated rings. The van der Waals surface area contributed by atoms with Crippen LogP contribution in [0.2, 0.25) is 0 Å². The molecule has 240 valence electrons. The molecule has 1 N–H and O–H groups in total. The van der Waals surface area contributed by atoms with Gasteiger partial charge >= 0.3 is 5.97 Å². The predicted octanol–water partition coefficient (Wildman–Crippen LogP) is 7.03. The highest BCUT2D eigenvalue weighted by atomic mass is 32.1. The minimum Gasteiger partial charge on any atom is -0.478 e. The molecule has 0 bridgehead atoms. The number of benzene rings is 3. The summed E-state index contributed by atoms with van der Waals surface area (Å²) in [6.07, 6.45) is 2.36. The normalized spacial score (nSPS) is 13.9. The number of rotatable bonds is 9. The van der Waals surface area contributed by atoms with E-state index < -0.39 is 23.4 Å². The van der Waals surface area contributed by atoms with Crippen LogP contribution in [0.15, 0.2) is 78.3 Å². The second-order valence-electron chi connectivity index (χ2n) is 11.1. The van der Waals surface area contributed by atoms with Gasteiger partial charge in [0.05, 0.1) is 34.9 Å². The van der Waals surface area contributed by atoms with Crippen LogP contribution in [0.25, 0.3) is 22.3 Å². The van der Waals surface area contributed by atoms with E-state index in [-0.39, 0.29) is 53.0 Å². The summed E-state index contributed by atoms with van der Waals surface area (Å²) >= 11 is 1.39. The maximum Gasteiger partial charge on any atom is 0.335 e. The molecular weight excluding hydrogens is 641 g/mol. The maximum atomic E-state index is 15.6. The van der Waals surface area contributed by atoms with Crippen LogP contribution in [0.3, 0.4) is 0 Å². The smallest absolute Gasteiger partial charge is 0.335 e. The molecule has 1 unspecified atom stereocenters. The first-order valence-corrected chi connectivity index (χ1v) is 15.8. The molecule has 1 aliphatic heterocycles. The van der Waals surface area contributed by atoms with E-state index in [1.54, 1.807) is 36.5 Å². The Hall–Kier alpha value is -5.51. The van der Waals surface area contributed by atoms with Crippen molar-refractivity contribution in [3.8, 4) is 29.0 Å². The topological polar surface area (TPSA) is 99.4 Å². The fourth-order valence-corrected chi connectivity index (χ4v) is 5.80. The molecular formula is C36H25F3N4O4S. The number of hydrogen-bond acceptors (Lipinski definition) is 7. The summed E-state index contributed by atoms with van der Waals surface area (Å²) < 4.78 is 59.0. The van der Waals surface area contributed by atoms with Gasteiger partial charge in [0.2, 0.25) is 5.88 Å². The highest BCUT2D eigenvalue weighted by Crippen LogP contribution is 2.29. The zero-order valence-electron chi connectivity index (χ0n) is 25.1. The average molecular weight is 667 g/mol. The Kier molecular flexibility index (Phi) is 8.63. The highest BCUT2D eigenvalue weighted by Gasteiger charge is 2.24. The number of carboxylic acid groups (broad SMARTS) is 1. The van der Waals surface area contributed by atoms with Crippen LogP contribution >= 0.6 is 11.3 Å². The first-order chi connectivity index (χ1) is 23.3. The van der Waals surface area contributed by atoms with Crippen LogP contribution in [-0.4, -0.2) is 43.3 Å². The fourth-order valence-electron chi connectivity index (χ4n) is 5.32. The van der Waals surface area contributed by atoms with E-state index in [2.05, 4.69) is 26.8 Å². The molecule has 3 aromatic heterocycles. The van der Waals surface area contributed by atoms with Gasteiger partial charge < -0.3 is 19.1 Å². The molecule has 0 radical (unpaired) electrons. The van der Waals surface area contributed by atoms with Gasteiger partial charge in [0.25, 0.3) is 0 Å². The van der Waals surface area contributed by atoms with Crippen LogP contribution in [-0.2, 0) is 24.3 Å². The number of aromatic nitrogens is 4. The number of fused-ring (bicyclic) bond motifs is 1. The fraction of sp³-hybridized carbons (Fsp3) is 0.167. The molecule has 4 heterocycles. The van der Waals surface area contributed by atoms with Gasteiger partial charge in [-0.25, -0.2) is 32.9 Å². The molecule has 6 aromatic rings. The number of imidazole rings is 1. The minimum absolute atomic E-state index is 0.0374. The molecule has 1 saturated heterocycles. The van der Waals surface area contributed by atoms with Gasteiger partial charge in [-0.15, -0.1) is 11.3 Å². The lowest BCUT2D eigenvalue weighted by Crippen LogP contribution is -2.31. The Labute approximate surface area is 276 Å². The third-order valence-electron chi connectivity index (χ3n) is 7.91. The molecule has 12 heteroatoms. The van der Waals surface area contributed by atoms with E-state index in [1.807, 2.05) is 9.95 Å². The van der Waals surface area contributed by atoms with Crippen LogP contribution < -0.4 is 4.74 Å². The maximum absolute atomic E-state index is 15.6. The molecule has 0 spiro atoms. The first kappa shape index (κ1) is 31.1. The number of pyridine rings is 1.